The predicted octanol–water partition coefficient (Wildman–Crippen LogP) is 4.68. The second-order valence-corrected chi connectivity index (χ2v) is 8.73. The number of alkyl halides is 3. The summed E-state index contributed by atoms with van der Waals surface area (Å²) in [5, 5.41) is 12.0. The van der Waals surface area contributed by atoms with Crippen molar-refractivity contribution in [2.45, 2.75) is 51.5 Å². The number of fused-ring (bicyclic) bond motifs is 1. The summed E-state index contributed by atoms with van der Waals surface area (Å²) in [5.74, 6) is 0.405. The lowest BCUT2D eigenvalue weighted by atomic mass is 9.83. The van der Waals surface area contributed by atoms with Crippen LogP contribution in [0.25, 0.3) is 0 Å². The highest BCUT2D eigenvalue weighted by molar-refractivity contribution is 5.94. The molecule has 1 aliphatic heterocycles. The molecule has 1 aromatic heterocycles. The van der Waals surface area contributed by atoms with Gasteiger partial charge in [-0.1, -0.05) is 12.1 Å². The monoisotopic (exact) mass is 442 g/mol. The number of carbonyl (C=O) groups is 1. The average Bonchev–Trinajstić information content (AvgIpc) is 3.19. The highest BCUT2D eigenvalue weighted by atomic mass is 19.4. The molecule has 4 rings (SSSR count). The fourth-order valence-corrected chi connectivity index (χ4v) is 4.45. The van der Waals surface area contributed by atoms with Crippen LogP contribution in [-0.2, 0) is 25.8 Å². The number of halogens is 3. The summed E-state index contributed by atoms with van der Waals surface area (Å²) in [7, 11) is 0. The lowest BCUT2D eigenvalue weighted by molar-refractivity contribution is -0.137. The summed E-state index contributed by atoms with van der Waals surface area (Å²) in [6, 6.07) is 9.39. The normalized spacial score (nSPS) is 21.1. The van der Waals surface area contributed by atoms with Crippen molar-refractivity contribution in [2.24, 2.45) is 11.8 Å². The standard InChI is InChI=1S/C24H25F3N4O/c25-24(26,27)21-7-5-18(6-8-21)13-31-14-20-9-19(12-29-22(20)15-31)23(32)30-11-17-3-1-16(10-28)2-4-17/h5-9,12,16-17H,1-4,11,13-15H2,(H,30,32). The van der Waals surface area contributed by atoms with Gasteiger partial charge in [0.2, 0.25) is 0 Å². The quantitative estimate of drug-likeness (QED) is 0.730. The van der Waals surface area contributed by atoms with E-state index in [0.717, 1.165) is 54.6 Å². The molecule has 5 nitrogen and oxygen atoms in total. The summed E-state index contributed by atoms with van der Waals surface area (Å²) in [4.78, 5) is 19.1. The average molecular weight is 442 g/mol. The Morgan fingerprint density at radius 1 is 1.16 bits per heavy atom. The largest absolute Gasteiger partial charge is 0.416 e. The van der Waals surface area contributed by atoms with Crippen molar-refractivity contribution < 1.29 is 18.0 Å². The number of nitriles is 1. The van der Waals surface area contributed by atoms with E-state index in [9.17, 15) is 18.0 Å². The van der Waals surface area contributed by atoms with Gasteiger partial charge in [0.15, 0.2) is 0 Å². The van der Waals surface area contributed by atoms with Crippen molar-refractivity contribution in [1.29, 1.82) is 5.26 Å². The van der Waals surface area contributed by atoms with Crippen molar-refractivity contribution >= 4 is 5.91 Å². The maximum atomic E-state index is 12.7. The zero-order valence-corrected chi connectivity index (χ0v) is 17.7. The van der Waals surface area contributed by atoms with E-state index < -0.39 is 11.7 Å². The lowest BCUT2D eigenvalue weighted by Crippen LogP contribution is -2.31. The number of amides is 1. The zero-order chi connectivity index (χ0) is 22.7. The number of hydrogen-bond donors (Lipinski definition) is 1. The van der Waals surface area contributed by atoms with E-state index in [4.69, 9.17) is 5.26 Å². The van der Waals surface area contributed by atoms with Crippen LogP contribution in [0.2, 0.25) is 0 Å². The summed E-state index contributed by atoms with van der Waals surface area (Å²) < 4.78 is 38.2. The van der Waals surface area contributed by atoms with Crippen LogP contribution >= 0.6 is 0 Å². The first kappa shape index (κ1) is 22.3. The number of nitrogens with zero attached hydrogens (tertiary/aromatic N) is 3. The highest BCUT2D eigenvalue weighted by Gasteiger charge is 2.30. The van der Waals surface area contributed by atoms with Crippen molar-refractivity contribution in [3.63, 3.8) is 0 Å². The van der Waals surface area contributed by atoms with Crippen LogP contribution in [-0.4, -0.2) is 22.3 Å². The van der Waals surface area contributed by atoms with Gasteiger partial charge in [-0.25, -0.2) is 0 Å². The van der Waals surface area contributed by atoms with E-state index in [2.05, 4.69) is 21.3 Å². The number of benzene rings is 1. The van der Waals surface area contributed by atoms with Crippen LogP contribution in [0.15, 0.2) is 36.5 Å². The molecule has 1 N–H and O–H groups in total. The number of rotatable bonds is 5. The van der Waals surface area contributed by atoms with Gasteiger partial charge in [0.05, 0.1) is 22.9 Å². The van der Waals surface area contributed by atoms with Gasteiger partial charge in [-0.3, -0.25) is 14.7 Å². The molecule has 2 heterocycles. The molecule has 2 aliphatic rings. The Morgan fingerprint density at radius 3 is 2.53 bits per heavy atom. The molecule has 0 saturated heterocycles. The molecule has 2 aromatic rings. The first-order valence-electron chi connectivity index (χ1n) is 10.9. The van der Waals surface area contributed by atoms with Crippen LogP contribution < -0.4 is 5.32 Å². The molecular formula is C24H25F3N4O. The fourth-order valence-electron chi connectivity index (χ4n) is 4.45. The minimum absolute atomic E-state index is 0.147. The topological polar surface area (TPSA) is 69.0 Å². The molecular weight excluding hydrogens is 417 g/mol. The molecule has 8 heteroatoms. The fraction of sp³-hybridized carbons (Fsp3) is 0.458. The summed E-state index contributed by atoms with van der Waals surface area (Å²) in [6.45, 7) is 2.32. The highest BCUT2D eigenvalue weighted by Crippen LogP contribution is 2.30. The molecule has 0 unspecified atom stereocenters. The summed E-state index contributed by atoms with van der Waals surface area (Å²) >= 11 is 0. The smallest absolute Gasteiger partial charge is 0.352 e. The molecule has 0 radical (unpaired) electrons. The van der Waals surface area contributed by atoms with Crippen LogP contribution in [0.1, 0.15) is 58.4 Å². The van der Waals surface area contributed by atoms with E-state index in [0.29, 0.717) is 37.7 Å². The molecule has 0 atom stereocenters. The Bertz CT molecular complexity index is 1010. The third-order valence-corrected chi connectivity index (χ3v) is 6.36. The molecule has 0 spiro atoms. The van der Waals surface area contributed by atoms with Gasteiger partial charge >= 0.3 is 6.18 Å². The third-order valence-electron chi connectivity index (χ3n) is 6.36. The number of pyridine rings is 1. The van der Waals surface area contributed by atoms with Gasteiger partial charge in [-0.15, -0.1) is 0 Å². The van der Waals surface area contributed by atoms with E-state index in [1.807, 2.05) is 6.07 Å². The van der Waals surface area contributed by atoms with Crippen LogP contribution in [0, 0.1) is 23.2 Å². The molecule has 1 saturated carbocycles. The first-order chi connectivity index (χ1) is 15.3. The van der Waals surface area contributed by atoms with Crippen molar-refractivity contribution in [1.82, 2.24) is 15.2 Å². The van der Waals surface area contributed by atoms with E-state index >= 15 is 0 Å². The maximum Gasteiger partial charge on any atom is 0.416 e. The van der Waals surface area contributed by atoms with Gasteiger partial charge in [0.25, 0.3) is 5.91 Å². The van der Waals surface area contributed by atoms with Crippen molar-refractivity contribution in [3.8, 4) is 6.07 Å². The van der Waals surface area contributed by atoms with Gasteiger partial charge in [-0.2, -0.15) is 18.4 Å². The number of carbonyl (C=O) groups excluding carboxylic acids is 1. The lowest BCUT2D eigenvalue weighted by Gasteiger charge is -2.24. The Morgan fingerprint density at radius 2 is 1.88 bits per heavy atom. The number of nitrogens with one attached hydrogen (secondary N) is 1. The Balaban J connectivity index is 1.30. The predicted molar refractivity (Wildman–Crippen MR) is 112 cm³/mol. The molecule has 1 amide bonds. The summed E-state index contributed by atoms with van der Waals surface area (Å²) in [5.41, 5.74) is 2.53. The Kier molecular flexibility index (Phi) is 6.47. The molecule has 32 heavy (non-hydrogen) atoms. The molecule has 1 aliphatic carbocycles. The number of aromatic nitrogens is 1. The SMILES string of the molecule is N#CC1CCC(CNC(=O)c2cnc3c(c2)CN(Cc2ccc(C(F)(F)F)cc2)C3)CC1. The maximum absolute atomic E-state index is 12.7. The van der Waals surface area contributed by atoms with Gasteiger partial charge in [-0.05, 0) is 60.9 Å². The van der Waals surface area contributed by atoms with Crippen LogP contribution in [0.3, 0.4) is 0 Å². The van der Waals surface area contributed by atoms with Gasteiger partial charge in [0, 0.05) is 38.3 Å². The first-order valence-corrected chi connectivity index (χ1v) is 10.9. The van der Waals surface area contributed by atoms with E-state index in [1.54, 1.807) is 6.20 Å². The third kappa shape index (κ3) is 5.28. The molecule has 1 aromatic carbocycles. The minimum Gasteiger partial charge on any atom is -0.352 e. The molecule has 1 fully saturated rings. The number of hydrogen-bond acceptors (Lipinski definition) is 4. The van der Waals surface area contributed by atoms with Crippen LogP contribution in [0.4, 0.5) is 13.2 Å². The summed E-state index contributed by atoms with van der Waals surface area (Å²) in [6.07, 6.45) is 0.958. The van der Waals surface area contributed by atoms with Crippen molar-refractivity contribution in [2.75, 3.05) is 6.54 Å². The Labute approximate surface area is 185 Å². The second kappa shape index (κ2) is 9.29. The Hall–Kier alpha value is -2.92. The second-order valence-electron chi connectivity index (χ2n) is 8.73. The van der Waals surface area contributed by atoms with Crippen LogP contribution in [0.5, 0.6) is 0 Å². The van der Waals surface area contributed by atoms with E-state index in [1.165, 1.54) is 12.1 Å². The minimum atomic E-state index is -4.33. The zero-order valence-electron chi connectivity index (χ0n) is 17.7. The van der Waals surface area contributed by atoms with Gasteiger partial charge < -0.3 is 5.32 Å². The molecule has 168 valence electrons. The van der Waals surface area contributed by atoms with E-state index in [-0.39, 0.29) is 11.8 Å². The van der Waals surface area contributed by atoms with Crippen molar-refractivity contribution in [3.05, 3.63) is 64.5 Å². The van der Waals surface area contributed by atoms with Gasteiger partial charge in [0.1, 0.15) is 0 Å². The molecule has 0 bridgehead atoms.